The molecule has 8 rings (SSSR count). The molecule has 2 heterocycles. The van der Waals surface area contributed by atoms with Crippen molar-refractivity contribution in [3.8, 4) is 56.8 Å². The number of benzene rings is 6. The van der Waals surface area contributed by atoms with Gasteiger partial charge in [0.05, 0.1) is 19.5 Å². The van der Waals surface area contributed by atoms with Gasteiger partial charge in [-0.25, -0.2) is 0 Å². The Morgan fingerprint density at radius 3 is 1.26 bits per heavy atom. The van der Waals surface area contributed by atoms with Crippen LogP contribution in [0.3, 0.4) is 0 Å². The highest BCUT2D eigenvalue weighted by atomic mass is 16.7. The van der Waals surface area contributed by atoms with Crippen LogP contribution >= 0.6 is 0 Å². The first kappa shape index (κ1) is 41.2. The molecule has 2 saturated heterocycles. The van der Waals surface area contributed by atoms with Crippen LogP contribution in [-0.4, -0.2) is 75.0 Å². The van der Waals surface area contributed by atoms with E-state index in [9.17, 15) is 5.11 Å². The van der Waals surface area contributed by atoms with Crippen molar-refractivity contribution in [1.29, 1.82) is 0 Å². The number of ether oxygens (including phenoxy) is 8. The van der Waals surface area contributed by atoms with Crippen molar-refractivity contribution in [3.05, 3.63) is 171 Å². The second kappa shape index (κ2) is 22.3. The Hall–Kier alpha value is -6.46. The minimum absolute atomic E-state index is 0.0632. The van der Waals surface area contributed by atoms with E-state index in [4.69, 9.17) is 43.0 Å². The zero-order chi connectivity index (χ0) is 40.2. The zero-order valence-electron chi connectivity index (χ0n) is 32.1. The van der Waals surface area contributed by atoms with Gasteiger partial charge in [-0.2, -0.15) is 0 Å². The highest BCUT2D eigenvalue weighted by Gasteiger charge is 2.24. The second-order valence-corrected chi connectivity index (χ2v) is 13.1. The molecule has 2 aliphatic heterocycles. The molecule has 0 saturated carbocycles. The summed E-state index contributed by atoms with van der Waals surface area (Å²) < 4.78 is 44.2. The first-order valence-corrected chi connectivity index (χ1v) is 19.0. The quantitative estimate of drug-likeness (QED) is 0.0496. The van der Waals surface area contributed by atoms with Crippen LogP contribution in [0.15, 0.2) is 171 Å². The van der Waals surface area contributed by atoms with Crippen molar-refractivity contribution in [2.45, 2.75) is 18.3 Å². The molecule has 2 aliphatic rings. The molecule has 0 radical (unpaired) electrons. The van der Waals surface area contributed by atoms with E-state index in [1.54, 1.807) is 6.07 Å². The van der Waals surface area contributed by atoms with E-state index in [-0.39, 0.29) is 32.2 Å². The molecule has 10 heteroatoms. The molecule has 300 valence electrons. The molecule has 3 unspecified atom stereocenters. The smallest absolute Gasteiger partial charge is 0.230 e. The predicted molar refractivity (Wildman–Crippen MR) is 223 cm³/mol. The molecule has 0 aromatic heterocycles. The van der Waals surface area contributed by atoms with Gasteiger partial charge in [-0.05, 0) is 70.8 Å². The monoisotopic (exact) mass is 784 g/mol. The molecule has 6 aromatic rings. The Bertz CT molecular complexity index is 2040. The maximum absolute atomic E-state index is 10.3. The minimum Gasteiger partial charge on any atom is -0.516 e. The summed E-state index contributed by atoms with van der Waals surface area (Å²) in [5.41, 5.74) is 4.54. The Morgan fingerprint density at radius 2 is 0.828 bits per heavy atom. The number of aliphatic hydroxyl groups excluding tert-OH is 2. The second-order valence-electron chi connectivity index (χ2n) is 13.1. The average molecular weight is 785 g/mol. The van der Waals surface area contributed by atoms with Crippen LogP contribution < -0.4 is 28.4 Å². The third kappa shape index (κ3) is 14.6. The Balaban J connectivity index is 0.000000246. The number of hydrogen-bond acceptors (Lipinski definition) is 10. The van der Waals surface area contributed by atoms with Gasteiger partial charge in [-0.1, -0.05) is 104 Å². The van der Waals surface area contributed by atoms with Crippen LogP contribution in [-0.2, 0) is 9.47 Å². The van der Waals surface area contributed by atoms with Gasteiger partial charge in [0.15, 0.2) is 0 Å². The molecule has 0 aliphatic carbocycles. The van der Waals surface area contributed by atoms with Crippen molar-refractivity contribution >= 4 is 0 Å². The van der Waals surface area contributed by atoms with Crippen LogP contribution in [0.5, 0.6) is 34.5 Å². The topological polar surface area (TPSA) is 121 Å². The zero-order valence-corrected chi connectivity index (χ0v) is 32.1. The highest BCUT2D eigenvalue weighted by Crippen LogP contribution is 2.25. The lowest BCUT2D eigenvalue weighted by Crippen LogP contribution is -2.25. The van der Waals surface area contributed by atoms with E-state index in [2.05, 4.69) is 30.8 Å². The molecule has 10 nitrogen and oxygen atoms in total. The summed E-state index contributed by atoms with van der Waals surface area (Å²) in [5.74, 6) is 4.26. The predicted octanol–water partition coefficient (Wildman–Crippen LogP) is 9.18. The molecular formula is C48H48O10. The summed E-state index contributed by atoms with van der Waals surface area (Å²) >= 11 is 0. The van der Waals surface area contributed by atoms with Crippen LogP contribution in [0.1, 0.15) is 0 Å². The molecule has 2 fully saturated rings. The first-order chi connectivity index (χ1) is 28.5. The summed E-state index contributed by atoms with van der Waals surface area (Å²) in [7, 11) is 0. The standard InChI is InChI=1S/C34H30O5.C12H14O4.C2H4O/c35-30(23-36-31-18-14-28(15-19-31)26-8-3-1-4-9-26)24-37-33-12-7-13-34(22-33)39-25-38-32-20-16-29(17-21-32)27-10-5-2-6-11-27;1-2-9(13-5-11-7-15-11)4-10(3-1)14-6-12-8-16-12;1-2-3/h1-22,30,35H,23-25H2;1-4,11-12H,5-8H2;2-3H,1H2. The number of epoxide rings is 2. The van der Waals surface area contributed by atoms with E-state index >= 15 is 0 Å². The largest absolute Gasteiger partial charge is 0.516 e. The van der Waals surface area contributed by atoms with Crippen LogP contribution in [0.2, 0.25) is 0 Å². The van der Waals surface area contributed by atoms with E-state index in [0.29, 0.717) is 30.5 Å². The fourth-order valence-electron chi connectivity index (χ4n) is 5.36. The van der Waals surface area contributed by atoms with Gasteiger partial charge in [0.1, 0.15) is 79.2 Å². The van der Waals surface area contributed by atoms with E-state index in [1.807, 2.05) is 127 Å². The van der Waals surface area contributed by atoms with Crippen molar-refractivity contribution in [3.63, 3.8) is 0 Å². The summed E-state index contributed by atoms with van der Waals surface area (Å²) in [6.45, 7) is 6.07. The van der Waals surface area contributed by atoms with Gasteiger partial charge >= 0.3 is 0 Å². The molecule has 58 heavy (non-hydrogen) atoms. The van der Waals surface area contributed by atoms with Crippen molar-refractivity contribution in [2.24, 2.45) is 0 Å². The summed E-state index contributed by atoms with van der Waals surface area (Å²) in [4.78, 5) is 0. The third-order valence-corrected chi connectivity index (χ3v) is 8.55. The first-order valence-electron chi connectivity index (χ1n) is 19.0. The Kier molecular flexibility index (Phi) is 15.9. The van der Waals surface area contributed by atoms with E-state index < -0.39 is 6.10 Å². The maximum Gasteiger partial charge on any atom is 0.230 e. The highest BCUT2D eigenvalue weighted by molar-refractivity contribution is 5.64. The SMILES string of the molecule is C=CO.OC(COc1ccc(-c2ccccc2)cc1)COc1cccc(OCOc2ccc(-c3ccccc3)cc2)c1.c1cc(OCC2CO2)cc(OCC2CO2)c1. The number of rotatable bonds is 18. The molecular weight excluding hydrogens is 737 g/mol. The molecule has 0 bridgehead atoms. The Labute approximate surface area is 339 Å². The van der Waals surface area contributed by atoms with Crippen molar-refractivity contribution in [2.75, 3.05) is 46.4 Å². The van der Waals surface area contributed by atoms with Crippen LogP contribution in [0.4, 0.5) is 0 Å². The minimum atomic E-state index is -0.787. The van der Waals surface area contributed by atoms with Gasteiger partial charge in [0, 0.05) is 12.1 Å². The van der Waals surface area contributed by atoms with Gasteiger partial charge in [0.25, 0.3) is 0 Å². The summed E-state index contributed by atoms with van der Waals surface area (Å²) in [6, 6.07) is 50.9. The van der Waals surface area contributed by atoms with Gasteiger partial charge in [0.2, 0.25) is 6.79 Å². The maximum atomic E-state index is 10.3. The van der Waals surface area contributed by atoms with E-state index in [0.717, 1.165) is 59.0 Å². The molecule has 6 aromatic carbocycles. The lowest BCUT2D eigenvalue weighted by atomic mass is 10.1. The fraction of sp³-hybridized carbons (Fsp3) is 0.208. The summed E-state index contributed by atoms with van der Waals surface area (Å²) in [6.07, 6.45) is 0.527. The number of hydrogen-bond donors (Lipinski definition) is 2. The molecule has 0 amide bonds. The average Bonchev–Trinajstić information content (AvgIpc) is 4.22. The summed E-state index contributed by atoms with van der Waals surface area (Å²) in [5, 5.41) is 17.7. The van der Waals surface area contributed by atoms with Crippen molar-refractivity contribution < 1.29 is 48.1 Å². The van der Waals surface area contributed by atoms with Crippen LogP contribution in [0.25, 0.3) is 22.3 Å². The molecule has 2 N–H and O–H groups in total. The van der Waals surface area contributed by atoms with Gasteiger partial charge < -0.3 is 48.1 Å². The molecule has 0 spiro atoms. The van der Waals surface area contributed by atoms with Gasteiger partial charge in [-0.3, -0.25) is 0 Å². The number of aliphatic hydroxyl groups is 2. The lowest BCUT2D eigenvalue weighted by Gasteiger charge is -2.15. The lowest BCUT2D eigenvalue weighted by molar-refractivity contribution is 0.0623. The Morgan fingerprint density at radius 1 is 0.483 bits per heavy atom. The van der Waals surface area contributed by atoms with Crippen molar-refractivity contribution in [1.82, 2.24) is 0 Å². The van der Waals surface area contributed by atoms with Gasteiger partial charge in [-0.15, -0.1) is 0 Å². The third-order valence-electron chi connectivity index (χ3n) is 8.55. The normalized spacial score (nSPS) is 15.1. The van der Waals surface area contributed by atoms with E-state index in [1.165, 1.54) is 0 Å². The van der Waals surface area contributed by atoms with Crippen LogP contribution in [0, 0.1) is 0 Å². The fourth-order valence-corrected chi connectivity index (χ4v) is 5.36. The molecule has 3 atom stereocenters.